The van der Waals surface area contributed by atoms with E-state index in [9.17, 15) is 9.59 Å². The topological polar surface area (TPSA) is 70.7 Å². The highest BCUT2D eigenvalue weighted by Gasteiger charge is 2.27. The highest BCUT2D eigenvalue weighted by atomic mass is 16.5. The van der Waals surface area contributed by atoms with Crippen molar-refractivity contribution in [1.29, 1.82) is 0 Å². The summed E-state index contributed by atoms with van der Waals surface area (Å²) in [5, 5.41) is 5.91. The molecule has 1 heterocycles. The number of hydrogen-bond donors (Lipinski definition) is 2. The van der Waals surface area contributed by atoms with Gasteiger partial charge in [-0.25, -0.2) is 4.79 Å². The minimum Gasteiger partial charge on any atom is -0.481 e. The molecule has 3 aromatic carbocycles. The number of fused-ring (bicyclic) bond motifs is 1. The molecule has 0 aliphatic carbocycles. The average molecular weight is 456 g/mol. The van der Waals surface area contributed by atoms with Gasteiger partial charge in [0.15, 0.2) is 6.61 Å². The Labute approximate surface area is 200 Å². The van der Waals surface area contributed by atoms with Gasteiger partial charge in [-0.2, -0.15) is 0 Å². The maximum absolute atomic E-state index is 12.8. The van der Waals surface area contributed by atoms with Crippen LogP contribution in [0.25, 0.3) is 5.57 Å². The molecule has 1 aliphatic heterocycles. The van der Waals surface area contributed by atoms with Crippen LogP contribution in [0.15, 0.2) is 79.4 Å². The van der Waals surface area contributed by atoms with Crippen molar-refractivity contribution in [3.05, 3.63) is 96.1 Å². The number of hydrogen-bond acceptors (Lipinski definition) is 3. The van der Waals surface area contributed by atoms with E-state index in [4.69, 9.17) is 4.74 Å². The van der Waals surface area contributed by atoms with E-state index in [-0.39, 0.29) is 18.5 Å². The van der Waals surface area contributed by atoms with Gasteiger partial charge in [0.2, 0.25) is 0 Å². The molecule has 0 spiro atoms. The van der Waals surface area contributed by atoms with Crippen molar-refractivity contribution in [1.82, 2.24) is 5.32 Å². The van der Waals surface area contributed by atoms with Crippen LogP contribution >= 0.6 is 0 Å². The average Bonchev–Trinajstić information content (AvgIpc) is 2.81. The molecule has 0 saturated heterocycles. The van der Waals surface area contributed by atoms with E-state index in [1.807, 2.05) is 75.4 Å². The molecule has 0 unspecified atom stereocenters. The predicted octanol–water partition coefficient (Wildman–Crippen LogP) is 5.70. The van der Waals surface area contributed by atoms with Gasteiger partial charge in [0.05, 0.1) is 17.8 Å². The van der Waals surface area contributed by atoms with Crippen LogP contribution in [0.3, 0.4) is 0 Å². The van der Waals surface area contributed by atoms with Gasteiger partial charge in [-0.05, 0) is 55.7 Å². The Morgan fingerprint density at radius 2 is 1.82 bits per heavy atom. The van der Waals surface area contributed by atoms with Crippen molar-refractivity contribution in [3.8, 4) is 5.75 Å². The molecule has 0 aromatic heterocycles. The summed E-state index contributed by atoms with van der Waals surface area (Å²) in [7, 11) is 0. The van der Waals surface area contributed by atoms with E-state index < -0.39 is 5.54 Å². The molecule has 3 aromatic rings. The number of carbonyl (C=O) groups excluding carboxylic acids is 2. The number of nitrogens with zero attached hydrogens (tertiary/aromatic N) is 1. The lowest BCUT2D eigenvalue weighted by atomic mass is 9.92. The SMILES string of the molecule is C=C(C)c1cccc(C(C)(C)NC(=O)Nc2ccc3c(c2)OCC(=O)N3Cc2ccccc2)c1. The molecule has 1 aliphatic rings. The lowest BCUT2D eigenvalue weighted by molar-refractivity contribution is -0.121. The minimum atomic E-state index is -0.598. The van der Waals surface area contributed by atoms with Crippen LogP contribution in [0.1, 0.15) is 37.5 Å². The van der Waals surface area contributed by atoms with Crippen LogP contribution in [0.4, 0.5) is 16.2 Å². The lowest BCUT2D eigenvalue weighted by Crippen LogP contribution is -2.43. The molecule has 2 N–H and O–H groups in total. The third-order valence-electron chi connectivity index (χ3n) is 5.85. The van der Waals surface area contributed by atoms with Gasteiger partial charge in [0, 0.05) is 11.8 Å². The van der Waals surface area contributed by atoms with E-state index in [0.717, 1.165) is 22.3 Å². The molecular formula is C28H29N3O3. The Morgan fingerprint density at radius 1 is 1.06 bits per heavy atom. The molecule has 0 bridgehead atoms. The Hall–Kier alpha value is -4.06. The molecular weight excluding hydrogens is 426 g/mol. The largest absolute Gasteiger partial charge is 0.481 e. The van der Waals surface area contributed by atoms with Gasteiger partial charge in [-0.1, -0.05) is 60.7 Å². The van der Waals surface area contributed by atoms with Crippen molar-refractivity contribution < 1.29 is 14.3 Å². The Kier molecular flexibility index (Phi) is 6.41. The number of rotatable bonds is 6. The van der Waals surface area contributed by atoms with Crippen LogP contribution in [0.5, 0.6) is 5.75 Å². The normalized spacial score (nSPS) is 13.0. The maximum Gasteiger partial charge on any atom is 0.319 e. The summed E-state index contributed by atoms with van der Waals surface area (Å²) in [6, 6.07) is 22.8. The highest BCUT2D eigenvalue weighted by molar-refractivity contribution is 5.99. The van der Waals surface area contributed by atoms with Gasteiger partial charge < -0.3 is 20.3 Å². The fourth-order valence-electron chi connectivity index (χ4n) is 3.91. The summed E-state index contributed by atoms with van der Waals surface area (Å²) in [6.07, 6.45) is 0. The van der Waals surface area contributed by atoms with Crippen LogP contribution in [-0.4, -0.2) is 18.5 Å². The van der Waals surface area contributed by atoms with Crippen molar-refractivity contribution >= 4 is 28.9 Å². The third-order valence-corrected chi connectivity index (χ3v) is 5.85. The zero-order valence-corrected chi connectivity index (χ0v) is 19.7. The number of ether oxygens (including phenoxy) is 1. The number of allylic oxidation sites excluding steroid dienone is 1. The van der Waals surface area contributed by atoms with Crippen LogP contribution in [0, 0.1) is 0 Å². The first-order valence-corrected chi connectivity index (χ1v) is 11.2. The maximum atomic E-state index is 12.8. The minimum absolute atomic E-state index is 0.0401. The van der Waals surface area contributed by atoms with Gasteiger partial charge in [0.1, 0.15) is 5.75 Å². The number of anilines is 2. The first kappa shape index (κ1) is 23.1. The summed E-state index contributed by atoms with van der Waals surface area (Å²) in [5.41, 5.74) is 4.68. The van der Waals surface area contributed by atoms with Gasteiger partial charge in [0.25, 0.3) is 5.91 Å². The predicted molar refractivity (Wildman–Crippen MR) is 136 cm³/mol. The van der Waals surface area contributed by atoms with E-state index >= 15 is 0 Å². The zero-order chi connectivity index (χ0) is 24.3. The van der Waals surface area contributed by atoms with Gasteiger partial charge in [-0.3, -0.25) is 4.79 Å². The summed E-state index contributed by atoms with van der Waals surface area (Å²) in [5.74, 6) is 0.454. The van der Waals surface area contributed by atoms with Gasteiger partial charge >= 0.3 is 6.03 Å². The molecule has 6 heteroatoms. The Morgan fingerprint density at radius 3 is 2.56 bits per heavy atom. The second kappa shape index (κ2) is 9.43. The second-order valence-corrected chi connectivity index (χ2v) is 9.00. The smallest absolute Gasteiger partial charge is 0.319 e. The number of nitrogens with one attached hydrogen (secondary N) is 2. The number of benzene rings is 3. The number of amides is 3. The van der Waals surface area contributed by atoms with E-state index in [0.29, 0.717) is 23.7 Å². The quantitative estimate of drug-likeness (QED) is 0.501. The summed E-state index contributed by atoms with van der Waals surface area (Å²) in [4.78, 5) is 27.0. The molecule has 3 amide bonds. The Bertz CT molecular complexity index is 1230. The fraction of sp³-hybridized carbons (Fsp3) is 0.214. The first-order valence-electron chi connectivity index (χ1n) is 11.2. The molecule has 4 rings (SSSR count). The van der Waals surface area contributed by atoms with Gasteiger partial charge in [-0.15, -0.1) is 0 Å². The molecule has 0 fully saturated rings. The molecule has 174 valence electrons. The van der Waals surface area contributed by atoms with E-state index in [2.05, 4.69) is 17.2 Å². The molecule has 6 nitrogen and oxygen atoms in total. The molecule has 0 saturated carbocycles. The molecule has 34 heavy (non-hydrogen) atoms. The molecule has 0 atom stereocenters. The monoisotopic (exact) mass is 455 g/mol. The van der Waals surface area contributed by atoms with E-state index in [1.54, 1.807) is 23.1 Å². The van der Waals surface area contributed by atoms with Crippen LogP contribution < -0.4 is 20.3 Å². The van der Waals surface area contributed by atoms with Crippen molar-refractivity contribution in [2.24, 2.45) is 0 Å². The molecule has 0 radical (unpaired) electrons. The summed E-state index contributed by atoms with van der Waals surface area (Å²) in [6.45, 7) is 10.3. The lowest BCUT2D eigenvalue weighted by Gasteiger charge is -2.30. The fourth-order valence-corrected chi connectivity index (χ4v) is 3.91. The van der Waals surface area contributed by atoms with Crippen molar-refractivity contribution in [2.45, 2.75) is 32.9 Å². The van der Waals surface area contributed by atoms with Crippen molar-refractivity contribution in [2.75, 3.05) is 16.8 Å². The number of carbonyl (C=O) groups is 2. The third kappa shape index (κ3) is 5.12. The zero-order valence-electron chi connectivity index (χ0n) is 19.7. The first-order chi connectivity index (χ1) is 16.2. The van der Waals surface area contributed by atoms with E-state index in [1.165, 1.54) is 0 Å². The standard InChI is InChI=1S/C28H29N3O3/c1-19(2)21-11-8-12-22(15-21)28(3,4)30-27(33)29-23-13-14-24-25(16-23)34-18-26(32)31(24)17-20-9-6-5-7-10-20/h5-16H,1,17-18H2,2-4H3,(H2,29,30,33). The summed E-state index contributed by atoms with van der Waals surface area (Å²) < 4.78 is 5.66. The number of urea groups is 1. The van der Waals surface area contributed by atoms with Crippen LogP contribution in [0.2, 0.25) is 0 Å². The second-order valence-electron chi connectivity index (χ2n) is 9.00. The van der Waals surface area contributed by atoms with Crippen LogP contribution in [-0.2, 0) is 16.9 Å². The summed E-state index contributed by atoms with van der Waals surface area (Å²) >= 11 is 0. The van der Waals surface area contributed by atoms with Crippen molar-refractivity contribution in [3.63, 3.8) is 0 Å². The highest BCUT2D eigenvalue weighted by Crippen LogP contribution is 2.35. The Balaban J connectivity index is 1.47.